The topological polar surface area (TPSA) is 38.5 Å². The van der Waals surface area contributed by atoms with Crippen LogP contribution < -0.4 is 15.4 Å². The smallest absolute Gasteiger partial charge is 0.120 e. The van der Waals surface area contributed by atoms with Crippen molar-refractivity contribution in [2.24, 2.45) is 5.73 Å². The second kappa shape index (κ2) is 7.38. The Kier molecular flexibility index (Phi) is 5.53. The van der Waals surface area contributed by atoms with E-state index in [1.807, 2.05) is 30.0 Å². The fourth-order valence-corrected chi connectivity index (χ4v) is 3.17. The van der Waals surface area contributed by atoms with Gasteiger partial charge in [0.15, 0.2) is 0 Å². The summed E-state index contributed by atoms with van der Waals surface area (Å²) in [4.78, 5) is 3.41. The van der Waals surface area contributed by atoms with Gasteiger partial charge in [-0.3, -0.25) is 0 Å². The highest BCUT2D eigenvalue weighted by atomic mass is 32.2. The summed E-state index contributed by atoms with van der Waals surface area (Å²) in [5.41, 5.74) is 9.41. The molecule has 0 aliphatic carbocycles. The third-order valence-electron chi connectivity index (χ3n) is 3.41. The van der Waals surface area contributed by atoms with Gasteiger partial charge in [0.2, 0.25) is 0 Å². The van der Waals surface area contributed by atoms with Crippen molar-refractivity contribution in [1.82, 2.24) is 0 Å². The standard InChI is InChI=1S/C17H22N2OS/c1-4-21-17-10-6-9-16(15(17)12-18)19(2)13-7-5-8-14(11-13)20-3/h5-11H,4,12,18H2,1-3H3. The van der Waals surface area contributed by atoms with Crippen LogP contribution in [0.3, 0.4) is 0 Å². The molecule has 3 nitrogen and oxygen atoms in total. The van der Waals surface area contributed by atoms with Gasteiger partial charge in [-0.2, -0.15) is 0 Å². The summed E-state index contributed by atoms with van der Waals surface area (Å²) in [6, 6.07) is 14.4. The fraction of sp³-hybridized carbons (Fsp3) is 0.294. The van der Waals surface area contributed by atoms with E-state index in [9.17, 15) is 0 Å². The molecule has 0 saturated carbocycles. The van der Waals surface area contributed by atoms with E-state index in [4.69, 9.17) is 10.5 Å². The van der Waals surface area contributed by atoms with Gasteiger partial charge in [0, 0.05) is 41.5 Å². The van der Waals surface area contributed by atoms with E-state index in [0.717, 1.165) is 22.9 Å². The van der Waals surface area contributed by atoms with Crippen LogP contribution in [0.25, 0.3) is 0 Å². The first-order valence-electron chi connectivity index (χ1n) is 7.03. The SMILES string of the molecule is CCSc1cccc(N(C)c2cccc(OC)c2)c1CN. The zero-order valence-electron chi connectivity index (χ0n) is 12.8. The molecular weight excluding hydrogens is 280 g/mol. The number of benzene rings is 2. The highest BCUT2D eigenvalue weighted by molar-refractivity contribution is 7.99. The molecule has 0 amide bonds. The molecule has 0 aliphatic heterocycles. The molecule has 2 aromatic rings. The van der Waals surface area contributed by atoms with Crippen LogP contribution in [0, 0.1) is 0 Å². The van der Waals surface area contributed by atoms with E-state index in [1.165, 1.54) is 10.5 Å². The third-order valence-corrected chi connectivity index (χ3v) is 4.40. The minimum absolute atomic E-state index is 0.535. The summed E-state index contributed by atoms with van der Waals surface area (Å²) in [7, 11) is 3.74. The van der Waals surface area contributed by atoms with Crippen molar-refractivity contribution in [2.45, 2.75) is 18.4 Å². The zero-order valence-corrected chi connectivity index (χ0v) is 13.6. The number of hydrogen-bond acceptors (Lipinski definition) is 4. The lowest BCUT2D eigenvalue weighted by Gasteiger charge is -2.24. The Morgan fingerprint density at radius 3 is 2.62 bits per heavy atom. The minimum atomic E-state index is 0.535. The molecule has 0 unspecified atom stereocenters. The van der Waals surface area contributed by atoms with Gasteiger partial charge >= 0.3 is 0 Å². The van der Waals surface area contributed by atoms with Crippen LogP contribution in [-0.4, -0.2) is 19.9 Å². The first kappa shape index (κ1) is 15.7. The van der Waals surface area contributed by atoms with Crippen LogP contribution in [0.5, 0.6) is 5.75 Å². The maximum atomic E-state index is 5.99. The highest BCUT2D eigenvalue weighted by Gasteiger charge is 2.12. The molecule has 2 aromatic carbocycles. The summed E-state index contributed by atoms with van der Waals surface area (Å²) >= 11 is 1.83. The third kappa shape index (κ3) is 3.52. The quantitative estimate of drug-likeness (QED) is 0.818. The van der Waals surface area contributed by atoms with Gasteiger partial charge in [0.25, 0.3) is 0 Å². The lowest BCUT2D eigenvalue weighted by atomic mass is 10.1. The lowest BCUT2D eigenvalue weighted by molar-refractivity contribution is 0.415. The molecule has 0 aliphatic rings. The molecule has 0 fully saturated rings. The largest absolute Gasteiger partial charge is 0.497 e. The van der Waals surface area contributed by atoms with Crippen molar-refractivity contribution in [2.75, 3.05) is 24.8 Å². The van der Waals surface area contributed by atoms with E-state index >= 15 is 0 Å². The van der Waals surface area contributed by atoms with E-state index in [-0.39, 0.29) is 0 Å². The number of ether oxygens (including phenoxy) is 1. The minimum Gasteiger partial charge on any atom is -0.497 e. The van der Waals surface area contributed by atoms with E-state index in [0.29, 0.717) is 6.54 Å². The molecule has 2 rings (SSSR count). The van der Waals surface area contributed by atoms with Crippen molar-refractivity contribution in [3.05, 3.63) is 48.0 Å². The summed E-state index contributed by atoms with van der Waals surface area (Å²) in [5.74, 6) is 1.90. The second-order valence-corrected chi connectivity index (χ2v) is 5.96. The zero-order chi connectivity index (χ0) is 15.2. The number of anilines is 2. The van der Waals surface area contributed by atoms with Crippen LogP contribution in [0.1, 0.15) is 12.5 Å². The Bertz CT molecular complexity index is 601. The van der Waals surface area contributed by atoms with E-state index in [2.05, 4.69) is 43.1 Å². The van der Waals surface area contributed by atoms with Gasteiger partial charge in [-0.25, -0.2) is 0 Å². The Morgan fingerprint density at radius 2 is 1.95 bits per heavy atom. The van der Waals surface area contributed by atoms with Gasteiger partial charge < -0.3 is 15.4 Å². The molecule has 0 spiro atoms. The lowest BCUT2D eigenvalue weighted by Crippen LogP contribution is -2.14. The molecule has 0 heterocycles. The van der Waals surface area contributed by atoms with Crippen LogP contribution >= 0.6 is 11.8 Å². The summed E-state index contributed by atoms with van der Waals surface area (Å²) in [6.45, 7) is 2.69. The first-order valence-corrected chi connectivity index (χ1v) is 8.02. The molecule has 0 aromatic heterocycles. The number of thioether (sulfide) groups is 1. The molecule has 21 heavy (non-hydrogen) atoms. The van der Waals surface area contributed by atoms with Crippen molar-refractivity contribution in [3.8, 4) is 5.75 Å². The number of methoxy groups -OCH3 is 1. The van der Waals surface area contributed by atoms with E-state index in [1.54, 1.807) is 7.11 Å². The number of nitrogens with two attached hydrogens (primary N) is 1. The summed E-state index contributed by atoms with van der Waals surface area (Å²) in [5, 5.41) is 0. The molecule has 0 radical (unpaired) electrons. The molecule has 0 saturated heterocycles. The van der Waals surface area contributed by atoms with Crippen molar-refractivity contribution in [3.63, 3.8) is 0 Å². The average molecular weight is 302 g/mol. The van der Waals surface area contributed by atoms with Gasteiger partial charge in [0.05, 0.1) is 7.11 Å². The van der Waals surface area contributed by atoms with E-state index < -0.39 is 0 Å². The summed E-state index contributed by atoms with van der Waals surface area (Å²) < 4.78 is 5.30. The number of rotatable bonds is 6. The van der Waals surface area contributed by atoms with Crippen LogP contribution in [-0.2, 0) is 6.54 Å². The molecule has 0 bridgehead atoms. The Balaban J connectivity index is 2.42. The Morgan fingerprint density at radius 1 is 1.19 bits per heavy atom. The summed E-state index contributed by atoms with van der Waals surface area (Å²) in [6.07, 6.45) is 0. The maximum absolute atomic E-state index is 5.99. The van der Waals surface area contributed by atoms with Gasteiger partial charge in [-0.15, -0.1) is 11.8 Å². The van der Waals surface area contributed by atoms with Crippen molar-refractivity contribution < 1.29 is 4.74 Å². The number of nitrogens with zero attached hydrogens (tertiary/aromatic N) is 1. The normalized spacial score (nSPS) is 10.5. The van der Waals surface area contributed by atoms with Crippen LogP contribution in [0.4, 0.5) is 11.4 Å². The predicted molar refractivity (Wildman–Crippen MR) is 91.8 cm³/mol. The van der Waals surface area contributed by atoms with Gasteiger partial charge in [0.1, 0.15) is 5.75 Å². The Labute approximate surface area is 131 Å². The maximum Gasteiger partial charge on any atom is 0.120 e. The van der Waals surface area contributed by atoms with Crippen molar-refractivity contribution in [1.29, 1.82) is 0 Å². The molecule has 4 heteroatoms. The van der Waals surface area contributed by atoms with Crippen LogP contribution in [0.2, 0.25) is 0 Å². The monoisotopic (exact) mass is 302 g/mol. The molecule has 112 valence electrons. The highest BCUT2D eigenvalue weighted by Crippen LogP contribution is 2.34. The first-order chi connectivity index (χ1) is 10.2. The fourth-order valence-electron chi connectivity index (χ4n) is 2.32. The van der Waals surface area contributed by atoms with Crippen LogP contribution in [0.15, 0.2) is 47.4 Å². The average Bonchev–Trinajstić information content (AvgIpc) is 2.54. The molecule has 2 N–H and O–H groups in total. The molecule has 0 atom stereocenters. The Hall–Kier alpha value is -1.65. The van der Waals surface area contributed by atoms with Gasteiger partial charge in [-0.1, -0.05) is 19.1 Å². The molecular formula is C17H22N2OS. The van der Waals surface area contributed by atoms with Crippen molar-refractivity contribution >= 4 is 23.1 Å². The second-order valence-electron chi connectivity index (χ2n) is 4.65. The predicted octanol–water partition coefficient (Wildman–Crippen LogP) is 4.03. The van der Waals surface area contributed by atoms with Gasteiger partial charge in [-0.05, 0) is 30.0 Å². The number of hydrogen-bond donors (Lipinski definition) is 1.